The summed E-state index contributed by atoms with van der Waals surface area (Å²) in [4.78, 5) is 14.1. The molecule has 0 bridgehead atoms. The highest BCUT2D eigenvalue weighted by Gasteiger charge is 2.29. The van der Waals surface area contributed by atoms with E-state index in [4.69, 9.17) is 10.5 Å². The molecule has 4 nitrogen and oxygen atoms in total. The molecule has 1 fully saturated rings. The molecule has 0 aliphatic carbocycles. The first-order valence-corrected chi connectivity index (χ1v) is 7.69. The number of morpholine rings is 1. The first-order chi connectivity index (χ1) is 9.49. The van der Waals surface area contributed by atoms with Crippen molar-refractivity contribution >= 4 is 21.8 Å². The van der Waals surface area contributed by atoms with Crippen molar-refractivity contribution in [3.05, 3.63) is 34.3 Å². The van der Waals surface area contributed by atoms with Crippen LogP contribution in [0.4, 0.5) is 0 Å². The first-order valence-electron chi connectivity index (χ1n) is 6.90. The van der Waals surface area contributed by atoms with Gasteiger partial charge in [0.25, 0.3) is 0 Å². The summed E-state index contributed by atoms with van der Waals surface area (Å²) in [5.41, 5.74) is 7.04. The number of hydrogen-bond acceptors (Lipinski definition) is 3. The van der Waals surface area contributed by atoms with Crippen LogP contribution in [0.1, 0.15) is 25.5 Å². The minimum atomic E-state index is -0.432. The molecule has 2 atom stereocenters. The molecule has 1 heterocycles. The van der Waals surface area contributed by atoms with Crippen molar-refractivity contribution in [2.24, 2.45) is 11.7 Å². The lowest BCUT2D eigenvalue weighted by Gasteiger charge is -2.35. The predicted molar refractivity (Wildman–Crippen MR) is 82.2 cm³/mol. The van der Waals surface area contributed by atoms with Gasteiger partial charge in [0, 0.05) is 11.0 Å². The molecule has 1 amide bonds. The minimum absolute atomic E-state index is 0.0189. The second-order valence-electron chi connectivity index (χ2n) is 5.47. The maximum Gasteiger partial charge on any atom is 0.239 e. The second kappa shape index (κ2) is 6.70. The summed E-state index contributed by atoms with van der Waals surface area (Å²) < 4.78 is 6.81. The van der Waals surface area contributed by atoms with Crippen LogP contribution in [-0.2, 0) is 9.53 Å². The molecule has 0 saturated carbocycles. The standard InChI is InChI=1S/C15H21BrN2O2/c1-10(2)14(17)15(19)18-7-8-20-13(9-18)11-3-5-12(16)6-4-11/h3-6,10,13-14H,7-9,17H2,1-2H3. The van der Waals surface area contributed by atoms with Gasteiger partial charge >= 0.3 is 0 Å². The van der Waals surface area contributed by atoms with Crippen LogP contribution in [0, 0.1) is 5.92 Å². The average molecular weight is 341 g/mol. The Morgan fingerprint density at radius 1 is 1.40 bits per heavy atom. The highest BCUT2D eigenvalue weighted by molar-refractivity contribution is 9.10. The van der Waals surface area contributed by atoms with Gasteiger partial charge in [-0.1, -0.05) is 41.9 Å². The molecule has 2 rings (SSSR count). The van der Waals surface area contributed by atoms with Crippen LogP contribution >= 0.6 is 15.9 Å². The quantitative estimate of drug-likeness (QED) is 0.918. The number of hydrogen-bond donors (Lipinski definition) is 1. The van der Waals surface area contributed by atoms with Gasteiger partial charge in [0.1, 0.15) is 6.10 Å². The van der Waals surface area contributed by atoms with E-state index >= 15 is 0 Å². The number of rotatable bonds is 3. The normalized spacial score (nSPS) is 21.1. The molecule has 5 heteroatoms. The van der Waals surface area contributed by atoms with Gasteiger partial charge in [-0.3, -0.25) is 4.79 Å². The van der Waals surface area contributed by atoms with Crippen LogP contribution in [0.25, 0.3) is 0 Å². The smallest absolute Gasteiger partial charge is 0.239 e. The van der Waals surface area contributed by atoms with Crippen LogP contribution < -0.4 is 5.73 Å². The molecule has 0 radical (unpaired) electrons. The van der Waals surface area contributed by atoms with Crippen LogP contribution in [-0.4, -0.2) is 36.5 Å². The molecule has 0 aromatic heterocycles. The topological polar surface area (TPSA) is 55.6 Å². The number of carbonyl (C=O) groups excluding carboxylic acids is 1. The molecule has 2 N–H and O–H groups in total. The Hall–Kier alpha value is -0.910. The van der Waals surface area contributed by atoms with E-state index in [1.54, 1.807) is 0 Å². The highest BCUT2D eigenvalue weighted by atomic mass is 79.9. The van der Waals surface area contributed by atoms with Gasteiger partial charge in [0.05, 0.1) is 19.2 Å². The zero-order valence-electron chi connectivity index (χ0n) is 11.9. The van der Waals surface area contributed by atoms with Crippen LogP contribution in [0.5, 0.6) is 0 Å². The van der Waals surface area contributed by atoms with E-state index in [0.29, 0.717) is 19.7 Å². The number of carbonyl (C=O) groups is 1. The molecule has 1 aliphatic rings. The lowest BCUT2D eigenvalue weighted by atomic mass is 10.0. The number of ether oxygens (including phenoxy) is 1. The lowest BCUT2D eigenvalue weighted by molar-refractivity contribution is -0.141. The fourth-order valence-electron chi connectivity index (χ4n) is 2.22. The Morgan fingerprint density at radius 2 is 2.05 bits per heavy atom. The third-order valence-electron chi connectivity index (χ3n) is 3.62. The average Bonchev–Trinajstić information content (AvgIpc) is 2.46. The maximum absolute atomic E-state index is 12.3. The van der Waals surface area contributed by atoms with Crippen molar-refractivity contribution in [3.8, 4) is 0 Å². The summed E-state index contributed by atoms with van der Waals surface area (Å²) in [7, 11) is 0. The Bertz CT molecular complexity index is 461. The highest BCUT2D eigenvalue weighted by Crippen LogP contribution is 2.24. The molecular weight excluding hydrogens is 320 g/mol. The zero-order valence-corrected chi connectivity index (χ0v) is 13.5. The summed E-state index contributed by atoms with van der Waals surface area (Å²) in [6.07, 6.45) is -0.0693. The molecule has 1 aromatic rings. The monoisotopic (exact) mass is 340 g/mol. The van der Waals surface area contributed by atoms with E-state index in [1.165, 1.54) is 0 Å². The summed E-state index contributed by atoms with van der Waals surface area (Å²) in [5.74, 6) is 0.168. The van der Waals surface area contributed by atoms with E-state index in [1.807, 2.05) is 43.0 Å². The van der Waals surface area contributed by atoms with E-state index in [2.05, 4.69) is 15.9 Å². The molecule has 0 spiro atoms. The van der Waals surface area contributed by atoms with Crippen molar-refractivity contribution in [2.75, 3.05) is 19.7 Å². The van der Waals surface area contributed by atoms with Crippen molar-refractivity contribution < 1.29 is 9.53 Å². The van der Waals surface area contributed by atoms with Crippen LogP contribution in [0.2, 0.25) is 0 Å². The van der Waals surface area contributed by atoms with Gasteiger partial charge < -0.3 is 15.4 Å². The largest absolute Gasteiger partial charge is 0.370 e. The molecule has 1 saturated heterocycles. The first kappa shape index (κ1) is 15.5. The third-order valence-corrected chi connectivity index (χ3v) is 4.15. The number of amides is 1. The number of benzene rings is 1. The van der Waals surface area contributed by atoms with Crippen molar-refractivity contribution in [1.82, 2.24) is 4.90 Å². The van der Waals surface area contributed by atoms with Gasteiger partial charge in [-0.25, -0.2) is 0 Å². The fraction of sp³-hybridized carbons (Fsp3) is 0.533. The van der Waals surface area contributed by atoms with E-state index in [-0.39, 0.29) is 17.9 Å². The summed E-state index contributed by atoms with van der Waals surface area (Å²) in [6, 6.07) is 7.58. The van der Waals surface area contributed by atoms with Gasteiger partial charge in [0.15, 0.2) is 0 Å². The molecule has 110 valence electrons. The Morgan fingerprint density at radius 3 is 2.65 bits per heavy atom. The summed E-state index contributed by atoms with van der Waals surface area (Å²) in [5, 5.41) is 0. The molecule has 20 heavy (non-hydrogen) atoms. The maximum atomic E-state index is 12.3. The lowest BCUT2D eigenvalue weighted by Crippen LogP contribution is -2.51. The molecule has 2 unspecified atom stereocenters. The fourth-order valence-corrected chi connectivity index (χ4v) is 2.49. The Labute approximate surface area is 128 Å². The minimum Gasteiger partial charge on any atom is -0.370 e. The molecule has 1 aromatic carbocycles. The number of nitrogens with zero attached hydrogens (tertiary/aromatic N) is 1. The van der Waals surface area contributed by atoms with Gasteiger partial charge in [-0.05, 0) is 23.6 Å². The Balaban J connectivity index is 2.05. The van der Waals surface area contributed by atoms with Crippen molar-refractivity contribution in [2.45, 2.75) is 26.0 Å². The van der Waals surface area contributed by atoms with Crippen molar-refractivity contribution in [3.63, 3.8) is 0 Å². The SMILES string of the molecule is CC(C)C(N)C(=O)N1CCOC(c2ccc(Br)cc2)C1. The van der Waals surface area contributed by atoms with Crippen LogP contribution in [0.15, 0.2) is 28.7 Å². The molecular formula is C15H21BrN2O2. The molecule has 1 aliphatic heterocycles. The Kier molecular flexibility index (Phi) is 5.18. The van der Waals surface area contributed by atoms with Gasteiger partial charge in [0.2, 0.25) is 5.91 Å². The third kappa shape index (κ3) is 3.59. The van der Waals surface area contributed by atoms with E-state index in [9.17, 15) is 4.79 Å². The summed E-state index contributed by atoms with van der Waals surface area (Å²) >= 11 is 3.42. The predicted octanol–water partition coefficient (Wildman–Crippen LogP) is 2.33. The van der Waals surface area contributed by atoms with E-state index < -0.39 is 6.04 Å². The van der Waals surface area contributed by atoms with E-state index in [0.717, 1.165) is 10.0 Å². The number of halogens is 1. The summed E-state index contributed by atoms with van der Waals surface area (Å²) in [6.45, 7) is 5.68. The van der Waals surface area contributed by atoms with Crippen molar-refractivity contribution in [1.29, 1.82) is 0 Å². The van der Waals surface area contributed by atoms with Gasteiger partial charge in [-0.15, -0.1) is 0 Å². The van der Waals surface area contributed by atoms with Crippen LogP contribution in [0.3, 0.4) is 0 Å². The van der Waals surface area contributed by atoms with Gasteiger partial charge in [-0.2, -0.15) is 0 Å². The number of nitrogens with two attached hydrogens (primary N) is 1. The zero-order chi connectivity index (χ0) is 14.7. The second-order valence-corrected chi connectivity index (χ2v) is 6.38.